The molecule has 2 aromatic heterocycles. The number of nitrogens with zero attached hydrogens (tertiary/aromatic N) is 2. The molecule has 3 rings (SSSR count). The fourth-order valence-electron chi connectivity index (χ4n) is 1.90. The van der Waals surface area contributed by atoms with Crippen LogP contribution in [0.5, 0.6) is 0 Å². The lowest BCUT2D eigenvalue weighted by atomic mass is 10.0. The monoisotopic (exact) mass is 209 g/mol. The number of aromatic nitrogens is 3. The molecule has 0 spiro atoms. The number of hydrogen-bond donors (Lipinski definition) is 1. The van der Waals surface area contributed by atoms with Crippen molar-refractivity contribution in [1.29, 1.82) is 0 Å². The van der Waals surface area contributed by atoms with E-state index in [0.29, 0.717) is 0 Å². The summed E-state index contributed by atoms with van der Waals surface area (Å²) in [5, 5.41) is 8.26. The van der Waals surface area contributed by atoms with E-state index >= 15 is 0 Å². The second-order valence-electron chi connectivity index (χ2n) is 3.79. The third-order valence-corrected chi connectivity index (χ3v) is 2.68. The van der Waals surface area contributed by atoms with Gasteiger partial charge in [0.15, 0.2) is 0 Å². The van der Waals surface area contributed by atoms with E-state index in [9.17, 15) is 0 Å². The van der Waals surface area contributed by atoms with Crippen LogP contribution in [0.15, 0.2) is 48.9 Å². The maximum absolute atomic E-state index is 4.12. The van der Waals surface area contributed by atoms with Gasteiger partial charge >= 0.3 is 0 Å². The molecule has 0 saturated heterocycles. The lowest BCUT2D eigenvalue weighted by Crippen LogP contribution is -1.90. The van der Waals surface area contributed by atoms with Gasteiger partial charge in [-0.1, -0.05) is 24.3 Å². The topological polar surface area (TPSA) is 41.6 Å². The summed E-state index contributed by atoms with van der Waals surface area (Å²) in [6.07, 6.45) is 6.42. The van der Waals surface area contributed by atoms with Crippen LogP contribution in [0, 0.1) is 0 Å². The molecule has 3 heteroatoms. The summed E-state index contributed by atoms with van der Waals surface area (Å²) < 4.78 is 0. The number of para-hydroxylation sites is 1. The van der Waals surface area contributed by atoms with E-state index in [-0.39, 0.29) is 0 Å². The summed E-state index contributed by atoms with van der Waals surface area (Å²) in [7, 11) is 0. The van der Waals surface area contributed by atoms with Crippen LogP contribution in [0.25, 0.3) is 10.9 Å². The molecule has 0 saturated carbocycles. The third-order valence-electron chi connectivity index (χ3n) is 2.68. The standard InChI is InChI=1S/C13H11N3/c1-4-11(7-10-3-2-6-14-8-10)13-12(5-1)9-15-16-13/h1-6,8-9H,7H2,(H,15,16). The fourth-order valence-corrected chi connectivity index (χ4v) is 1.90. The highest BCUT2D eigenvalue weighted by atomic mass is 15.1. The normalized spacial score (nSPS) is 10.8. The maximum atomic E-state index is 4.12. The van der Waals surface area contributed by atoms with Crippen molar-refractivity contribution in [3.05, 3.63) is 60.0 Å². The molecule has 1 N–H and O–H groups in total. The highest BCUT2D eigenvalue weighted by Crippen LogP contribution is 2.18. The Kier molecular flexibility index (Phi) is 2.14. The molecule has 0 aliphatic heterocycles. The van der Waals surface area contributed by atoms with Gasteiger partial charge in [0.05, 0.1) is 11.7 Å². The number of pyridine rings is 1. The molecule has 0 bridgehead atoms. The minimum absolute atomic E-state index is 0.882. The molecule has 0 unspecified atom stereocenters. The molecule has 0 aliphatic rings. The van der Waals surface area contributed by atoms with Crippen LogP contribution in [0.1, 0.15) is 11.1 Å². The van der Waals surface area contributed by atoms with Crippen molar-refractivity contribution < 1.29 is 0 Å². The van der Waals surface area contributed by atoms with Crippen LogP contribution in [-0.4, -0.2) is 15.2 Å². The summed E-state index contributed by atoms with van der Waals surface area (Å²) in [5.74, 6) is 0. The van der Waals surface area contributed by atoms with Gasteiger partial charge in [-0.05, 0) is 17.2 Å². The second kappa shape index (κ2) is 3.77. The Morgan fingerprint density at radius 1 is 1.06 bits per heavy atom. The molecule has 16 heavy (non-hydrogen) atoms. The molecule has 3 aromatic rings. The predicted octanol–water partition coefficient (Wildman–Crippen LogP) is 2.55. The van der Waals surface area contributed by atoms with Crippen LogP contribution in [0.3, 0.4) is 0 Å². The van der Waals surface area contributed by atoms with Gasteiger partial charge in [0, 0.05) is 24.2 Å². The Labute approximate surface area is 93.2 Å². The SMILES string of the molecule is c1cncc(Cc2cccc3cn[nH]c23)c1. The average molecular weight is 209 g/mol. The number of aromatic amines is 1. The van der Waals surface area contributed by atoms with Gasteiger partial charge in [-0.15, -0.1) is 0 Å². The molecular weight excluding hydrogens is 198 g/mol. The van der Waals surface area contributed by atoms with Gasteiger partial charge in [0.1, 0.15) is 0 Å². The van der Waals surface area contributed by atoms with E-state index in [4.69, 9.17) is 0 Å². The van der Waals surface area contributed by atoms with Gasteiger partial charge < -0.3 is 0 Å². The first kappa shape index (κ1) is 9.09. The lowest BCUT2D eigenvalue weighted by Gasteiger charge is -2.02. The number of nitrogens with one attached hydrogen (secondary N) is 1. The minimum Gasteiger partial charge on any atom is -0.278 e. The number of hydrogen-bond acceptors (Lipinski definition) is 2. The molecular formula is C13H11N3. The van der Waals surface area contributed by atoms with Gasteiger partial charge in [0.2, 0.25) is 0 Å². The van der Waals surface area contributed by atoms with E-state index in [2.05, 4.69) is 39.4 Å². The van der Waals surface area contributed by atoms with E-state index in [1.165, 1.54) is 11.1 Å². The molecule has 0 fully saturated rings. The molecule has 0 amide bonds. The van der Waals surface area contributed by atoms with E-state index in [0.717, 1.165) is 17.3 Å². The number of rotatable bonds is 2. The van der Waals surface area contributed by atoms with Crippen molar-refractivity contribution >= 4 is 10.9 Å². The quantitative estimate of drug-likeness (QED) is 0.704. The van der Waals surface area contributed by atoms with E-state index in [1.807, 2.05) is 18.5 Å². The molecule has 1 aromatic carbocycles. The van der Waals surface area contributed by atoms with Crippen LogP contribution in [-0.2, 0) is 6.42 Å². The predicted molar refractivity (Wildman–Crippen MR) is 63.1 cm³/mol. The van der Waals surface area contributed by atoms with Gasteiger partial charge in [-0.3, -0.25) is 10.1 Å². The van der Waals surface area contributed by atoms with Gasteiger partial charge in [-0.2, -0.15) is 5.10 Å². The highest BCUT2D eigenvalue weighted by Gasteiger charge is 2.03. The summed E-state index contributed by atoms with van der Waals surface area (Å²) in [5.41, 5.74) is 3.58. The van der Waals surface area contributed by atoms with Crippen LogP contribution in [0.2, 0.25) is 0 Å². The van der Waals surface area contributed by atoms with Gasteiger partial charge in [-0.25, -0.2) is 0 Å². The Balaban J connectivity index is 2.04. The first-order valence-electron chi connectivity index (χ1n) is 5.23. The van der Waals surface area contributed by atoms with Crippen molar-refractivity contribution in [3.8, 4) is 0 Å². The van der Waals surface area contributed by atoms with Crippen molar-refractivity contribution in [2.75, 3.05) is 0 Å². The minimum atomic E-state index is 0.882. The number of fused-ring (bicyclic) bond motifs is 1. The summed E-state index contributed by atoms with van der Waals surface area (Å²) in [4.78, 5) is 4.12. The van der Waals surface area contributed by atoms with E-state index in [1.54, 1.807) is 6.20 Å². The lowest BCUT2D eigenvalue weighted by molar-refractivity contribution is 1.09. The Bertz CT molecular complexity index is 599. The average Bonchev–Trinajstić information content (AvgIpc) is 2.80. The zero-order chi connectivity index (χ0) is 10.8. The maximum Gasteiger partial charge on any atom is 0.0685 e. The largest absolute Gasteiger partial charge is 0.278 e. The Morgan fingerprint density at radius 3 is 2.94 bits per heavy atom. The first-order chi connectivity index (χ1) is 7.93. The Hall–Kier alpha value is -2.16. The van der Waals surface area contributed by atoms with Crippen molar-refractivity contribution in [2.24, 2.45) is 0 Å². The zero-order valence-corrected chi connectivity index (χ0v) is 8.72. The molecule has 0 atom stereocenters. The van der Waals surface area contributed by atoms with Crippen molar-refractivity contribution in [1.82, 2.24) is 15.2 Å². The van der Waals surface area contributed by atoms with Crippen LogP contribution < -0.4 is 0 Å². The zero-order valence-electron chi connectivity index (χ0n) is 8.72. The summed E-state index contributed by atoms with van der Waals surface area (Å²) in [6.45, 7) is 0. The van der Waals surface area contributed by atoms with Crippen LogP contribution >= 0.6 is 0 Å². The molecule has 0 radical (unpaired) electrons. The first-order valence-corrected chi connectivity index (χ1v) is 5.23. The Morgan fingerprint density at radius 2 is 2.06 bits per heavy atom. The summed E-state index contributed by atoms with van der Waals surface area (Å²) >= 11 is 0. The number of benzene rings is 1. The third kappa shape index (κ3) is 1.56. The van der Waals surface area contributed by atoms with Crippen LogP contribution in [0.4, 0.5) is 0 Å². The molecule has 78 valence electrons. The smallest absolute Gasteiger partial charge is 0.0685 e. The summed E-state index contributed by atoms with van der Waals surface area (Å²) in [6, 6.07) is 10.3. The second-order valence-corrected chi connectivity index (χ2v) is 3.79. The number of H-pyrrole nitrogens is 1. The fraction of sp³-hybridized carbons (Fsp3) is 0.0769. The highest BCUT2D eigenvalue weighted by molar-refractivity contribution is 5.81. The molecule has 3 nitrogen and oxygen atoms in total. The van der Waals surface area contributed by atoms with E-state index < -0.39 is 0 Å². The van der Waals surface area contributed by atoms with Gasteiger partial charge in [0.25, 0.3) is 0 Å². The van der Waals surface area contributed by atoms with Crippen molar-refractivity contribution in [3.63, 3.8) is 0 Å². The molecule has 0 aliphatic carbocycles. The molecule has 2 heterocycles. The van der Waals surface area contributed by atoms with Crippen molar-refractivity contribution in [2.45, 2.75) is 6.42 Å².